The van der Waals surface area contributed by atoms with Crippen molar-refractivity contribution in [2.75, 3.05) is 19.6 Å². The van der Waals surface area contributed by atoms with Crippen molar-refractivity contribution in [3.8, 4) is 0 Å². The summed E-state index contributed by atoms with van der Waals surface area (Å²) in [5.41, 5.74) is 1.95. The van der Waals surface area contributed by atoms with E-state index in [9.17, 15) is 4.79 Å². The van der Waals surface area contributed by atoms with E-state index in [1.54, 1.807) is 0 Å². The Kier molecular flexibility index (Phi) is 5.03. The molecule has 1 aromatic heterocycles. The summed E-state index contributed by atoms with van der Waals surface area (Å²) in [5, 5.41) is 4.32. The highest BCUT2D eigenvalue weighted by Crippen LogP contribution is 2.31. The zero-order chi connectivity index (χ0) is 18.1. The van der Waals surface area contributed by atoms with Gasteiger partial charge in [0.1, 0.15) is 0 Å². The molecule has 140 valence electrons. The zero-order valence-electron chi connectivity index (χ0n) is 16.1. The number of hydrogen-bond donors (Lipinski definition) is 1. The lowest BCUT2D eigenvalue weighted by Gasteiger charge is -2.44. The standard InChI is InChI=1S/C22H31N3O/c1-16(2)25-15-19(18-9-3-4-11-21(18)25)22(26)23-14-17-8-7-13-24-12-6-5-10-20(17)24/h3-4,9,11,15-17,20H,5-8,10,12-14H2,1-2H3,(H,23,26)/t17-,20-/m1/s1. The summed E-state index contributed by atoms with van der Waals surface area (Å²) in [6.45, 7) is 7.62. The molecule has 4 rings (SSSR count). The summed E-state index contributed by atoms with van der Waals surface area (Å²) in [6.07, 6.45) is 8.52. The van der Waals surface area contributed by atoms with Crippen LogP contribution < -0.4 is 5.32 Å². The molecule has 0 radical (unpaired) electrons. The van der Waals surface area contributed by atoms with Crippen molar-refractivity contribution in [1.29, 1.82) is 0 Å². The first-order valence-electron chi connectivity index (χ1n) is 10.3. The third kappa shape index (κ3) is 3.27. The number of benzene rings is 1. The number of rotatable bonds is 4. The number of piperidine rings is 2. The molecule has 2 fully saturated rings. The van der Waals surface area contributed by atoms with Crippen molar-refractivity contribution in [1.82, 2.24) is 14.8 Å². The molecule has 2 aliphatic rings. The van der Waals surface area contributed by atoms with Gasteiger partial charge in [-0.25, -0.2) is 0 Å². The van der Waals surface area contributed by atoms with Crippen LogP contribution in [-0.4, -0.2) is 41.1 Å². The van der Waals surface area contributed by atoms with E-state index in [0.717, 1.165) is 23.0 Å². The third-order valence-electron chi connectivity index (χ3n) is 6.29. The van der Waals surface area contributed by atoms with Gasteiger partial charge in [0.2, 0.25) is 0 Å². The van der Waals surface area contributed by atoms with Gasteiger partial charge in [0.25, 0.3) is 5.91 Å². The topological polar surface area (TPSA) is 37.3 Å². The molecule has 0 saturated carbocycles. The molecule has 4 heteroatoms. The summed E-state index contributed by atoms with van der Waals surface area (Å²) in [5.74, 6) is 0.681. The Morgan fingerprint density at radius 1 is 1.15 bits per heavy atom. The number of nitrogens with one attached hydrogen (secondary N) is 1. The lowest BCUT2D eigenvalue weighted by atomic mass is 9.83. The number of nitrogens with zero attached hydrogens (tertiary/aromatic N) is 2. The van der Waals surface area contributed by atoms with Crippen LogP contribution in [0.4, 0.5) is 0 Å². The summed E-state index contributed by atoms with van der Waals surface area (Å²) in [6, 6.07) is 9.25. The fraction of sp³-hybridized carbons (Fsp3) is 0.591. The first-order valence-corrected chi connectivity index (χ1v) is 10.3. The van der Waals surface area contributed by atoms with Crippen molar-refractivity contribution in [2.45, 2.75) is 58.0 Å². The van der Waals surface area contributed by atoms with Crippen molar-refractivity contribution in [3.05, 3.63) is 36.0 Å². The lowest BCUT2D eigenvalue weighted by molar-refractivity contribution is 0.0576. The molecule has 2 aromatic rings. The van der Waals surface area contributed by atoms with Crippen molar-refractivity contribution in [2.24, 2.45) is 5.92 Å². The average Bonchev–Trinajstić information content (AvgIpc) is 3.06. The molecule has 2 saturated heterocycles. The van der Waals surface area contributed by atoms with Crippen LogP contribution >= 0.6 is 0 Å². The maximum atomic E-state index is 13.0. The molecule has 2 atom stereocenters. The average molecular weight is 354 g/mol. The number of para-hydroxylation sites is 1. The number of carbonyl (C=O) groups is 1. The first kappa shape index (κ1) is 17.6. The van der Waals surface area contributed by atoms with Gasteiger partial charge in [-0.3, -0.25) is 4.79 Å². The first-order chi connectivity index (χ1) is 12.6. The van der Waals surface area contributed by atoms with E-state index in [1.807, 2.05) is 18.3 Å². The van der Waals surface area contributed by atoms with E-state index < -0.39 is 0 Å². The molecule has 0 spiro atoms. The fourth-order valence-corrected chi connectivity index (χ4v) is 4.95. The minimum absolute atomic E-state index is 0.0773. The van der Waals surface area contributed by atoms with Gasteiger partial charge in [-0.15, -0.1) is 0 Å². The van der Waals surface area contributed by atoms with Crippen LogP contribution in [0.3, 0.4) is 0 Å². The van der Waals surface area contributed by atoms with Crippen molar-refractivity contribution in [3.63, 3.8) is 0 Å². The highest BCUT2D eigenvalue weighted by Gasteiger charge is 2.33. The van der Waals surface area contributed by atoms with Crippen LogP contribution in [0, 0.1) is 5.92 Å². The maximum absolute atomic E-state index is 13.0. The van der Waals surface area contributed by atoms with E-state index in [-0.39, 0.29) is 5.91 Å². The predicted molar refractivity (Wildman–Crippen MR) is 107 cm³/mol. The van der Waals surface area contributed by atoms with E-state index >= 15 is 0 Å². The molecule has 0 aliphatic carbocycles. The zero-order valence-corrected chi connectivity index (χ0v) is 16.1. The van der Waals surface area contributed by atoms with Gasteiger partial charge in [0, 0.05) is 35.7 Å². The quantitative estimate of drug-likeness (QED) is 0.894. The molecule has 0 unspecified atom stereocenters. The number of aromatic nitrogens is 1. The number of carbonyl (C=O) groups excluding carboxylic acids is 1. The molecule has 26 heavy (non-hydrogen) atoms. The minimum Gasteiger partial charge on any atom is -0.352 e. The van der Waals surface area contributed by atoms with E-state index in [2.05, 4.69) is 40.8 Å². The Morgan fingerprint density at radius 3 is 2.81 bits per heavy atom. The van der Waals surface area contributed by atoms with Gasteiger partial charge < -0.3 is 14.8 Å². The predicted octanol–water partition coefficient (Wildman–Crippen LogP) is 4.22. The molecule has 1 N–H and O–H groups in total. The molecule has 0 bridgehead atoms. The van der Waals surface area contributed by atoms with Gasteiger partial charge in [0.15, 0.2) is 0 Å². The normalized spacial score (nSPS) is 24.0. The van der Waals surface area contributed by atoms with E-state index in [4.69, 9.17) is 0 Å². The van der Waals surface area contributed by atoms with Gasteiger partial charge >= 0.3 is 0 Å². The van der Waals surface area contributed by atoms with E-state index in [1.165, 1.54) is 45.2 Å². The number of fused-ring (bicyclic) bond motifs is 2. The second kappa shape index (κ2) is 7.43. The molecular weight excluding hydrogens is 322 g/mol. The highest BCUT2D eigenvalue weighted by atomic mass is 16.1. The Morgan fingerprint density at radius 2 is 1.96 bits per heavy atom. The second-order valence-corrected chi connectivity index (χ2v) is 8.27. The van der Waals surface area contributed by atoms with Crippen LogP contribution in [0.1, 0.15) is 62.4 Å². The van der Waals surface area contributed by atoms with Crippen LogP contribution in [0.5, 0.6) is 0 Å². The second-order valence-electron chi connectivity index (χ2n) is 8.27. The summed E-state index contributed by atoms with van der Waals surface area (Å²) >= 11 is 0. The van der Waals surface area contributed by atoms with Crippen molar-refractivity contribution >= 4 is 16.8 Å². The molecule has 1 aromatic carbocycles. The smallest absolute Gasteiger partial charge is 0.253 e. The number of hydrogen-bond acceptors (Lipinski definition) is 2. The fourth-order valence-electron chi connectivity index (χ4n) is 4.95. The maximum Gasteiger partial charge on any atom is 0.253 e. The Labute approximate surface area is 156 Å². The monoisotopic (exact) mass is 353 g/mol. The SMILES string of the molecule is CC(C)n1cc(C(=O)NC[C@H]2CCCN3CCCC[C@H]23)c2ccccc21. The van der Waals surface area contributed by atoms with Gasteiger partial charge in [-0.2, -0.15) is 0 Å². The Bertz CT molecular complexity index is 777. The van der Waals surface area contributed by atoms with Gasteiger partial charge in [-0.1, -0.05) is 24.6 Å². The van der Waals surface area contributed by atoms with Crippen LogP contribution in [0.2, 0.25) is 0 Å². The third-order valence-corrected chi connectivity index (χ3v) is 6.29. The van der Waals surface area contributed by atoms with Crippen LogP contribution in [0.25, 0.3) is 10.9 Å². The van der Waals surface area contributed by atoms with Crippen LogP contribution in [0.15, 0.2) is 30.5 Å². The van der Waals surface area contributed by atoms with Crippen LogP contribution in [-0.2, 0) is 0 Å². The molecule has 1 amide bonds. The minimum atomic E-state index is 0.0773. The number of amides is 1. The lowest BCUT2D eigenvalue weighted by Crippen LogP contribution is -2.51. The van der Waals surface area contributed by atoms with E-state index in [0.29, 0.717) is 18.0 Å². The summed E-state index contributed by atoms with van der Waals surface area (Å²) in [7, 11) is 0. The molecule has 3 heterocycles. The molecule has 4 nitrogen and oxygen atoms in total. The molecule has 2 aliphatic heterocycles. The summed E-state index contributed by atoms with van der Waals surface area (Å²) in [4.78, 5) is 15.6. The summed E-state index contributed by atoms with van der Waals surface area (Å²) < 4.78 is 2.20. The highest BCUT2D eigenvalue weighted by molar-refractivity contribution is 6.07. The largest absolute Gasteiger partial charge is 0.352 e. The Balaban J connectivity index is 1.49. The van der Waals surface area contributed by atoms with Gasteiger partial charge in [0.05, 0.1) is 5.56 Å². The van der Waals surface area contributed by atoms with Crippen molar-refractivity contribution < 1.29 is 4.79 Å². The molecular formula is C22H31N3O. The van der Waals surface area contributed by atoms with Gasteiger partial charge in [-0.05, 0) is 64.6 Å². The Hall–Kier alpha value is -1.81.